The van der Waals surface area contributed by atoms with Gasteiger partial charge in [-0.15, -0.1) is 0 Å². The van der Waals surface area contributed by atoms with Gasteiger partial charge >= 0.3 is 6.18 Å². The van der Waals surface area contributed by atoms with Gasteiger partial charge in [0.1, 0.15) is 0 Å². The average molecular weight is 349 g/mol. The number of fused-ring (bicyclic) bond motifs is 2. The second-order valence-corrected chi connectivity index (χ2v) is 7.53. The van der Waals surface area contributed by atoms with Crippen LogP contribution in [0.25, 0.3) is 0 Å². The molecule has 8 heteroatoms. The molecule has 6 atom stereocenters. The van der Waals surface area contributed by atoms with Gasteiger partial charge in [0, 0.05) is 24.8 Å². The first-order chi connectivity index (χ1) is 11.2. The van der Waals surface area contributed by atoms with Crippen LogP contribution in [0.3, 0.4) is 0 Å². The van der Waals surface area contributed by atoms with Gasteiger partial charge in [-0.3, -0.25) is 0 Å². The fourth-order valence-electron chi connectivity index (χ4n) is 4.97. The predicted octanol–water partition coefficient (Wildman–Crippen LogP) is 3.01. The van der Waals surface area contributed by atoms with Gasteiger partial charge < -0.3 is 15.2 Å². The molecule has 24 heavy (non-hydrogen) atoms. The van der Waals surface area contributed by atoms with Crippen LogP contribution in [0.4, 0.5) is 13.2 Å². The Morgan fingerprint density at radius 3 is 2.62 bits per heavy atom. The van der Waals surface area contributed by atoms with Crippen molar-refractivity contribution >= 4 is 0 Å². The van der Waals surface area contributed by atoms with Crippen molar-refractivity contribution in [2.24, 2.45) is 23.5 Å². The summed E-state index contributed by atoms with van der Waals surface area (Å²) in [4.78, 5) is 11.3. The molecule has 0 aromatic rings. The second-order valence-electron chi connectivity index (χ2n) is 7.53. The summed E-state index contributed by atoms with van der Waals surface area (Å²) in [5.74, 6) is -2.33. The van der Waals surface area contributed by atoms with Gasteiger partial charge in [0.15, 0.2) is 5.60 Å². The molecule has 1 saturated carbocycles. The SMILES string of the molecule is C[C@@H]1CC[C@H]2C(CN)=C(C(F)(F)F)O[C@@H]3O[C@]4(C)CCC1[C@]32OO4. The lowest BCUT2D eigenvalue weighted by Gasteiger charge is -2.57. The van der Waals surface area contributed by atoms with Gasteiger partial charge in [-0.1, -0.05) is 6.92 Å². The van der Waals surface area contributed by atoms with Crippen molar-refractivity contribution in [2.75, 3.05) is 6.54 Å². The van der Waals surface area contributed by atoms with Crippen LogP contribution < -0.4 is 5.73 Å². The Balaban J connectivity index is 1.88. The quantitative estimate of drug-likeness (QED) is 0.738. The summed E-state index contributed by atoms with van der Waals surface area (Å²) < 4.78 is 51.7. The molecule has 5 aliphatic rings. The summed E-state index contributed by atoms with van der Waals surface area (Å²) in [5.41, 5.74) is 4.70. The smallest absolute Gasteiger partial charge is 0.449 e. The van der Waals surface area contributed by atoms with E-state index in [-0.39, 0.29) is 24.0 Å². The van der Waals surface area contributed by atoms with E-state index in [1.165, 1.54) is 0 Å². The molecule has 0 aromatic carbocycles. The van der Waals surface area contributed by atoms with Crippen LogP contribution in [0, 0.1) is 17.8 Å². The summed E-state index contributed by atoms with van der Waals surface area (Å²) in [6.07, 6.45) is -3.07. The van der Waals surface area contributed by atoms with Crippen molar-refractivity contribution in [1.82, 2.24) is 0 Å². The molecular weight excluding hydrogens is 327 g/mol. The standard InChI is InChI=1S/C16H22F3NO4/c1-8-3-4-11-9(7-20)12(16(17,18)19)21-13-15(11)10(8)5-6-14(2,22-13)23-24-15/h8,10-11,13H,3-7,20H2,1-2H3/t8-,10?,11+,13-,14+,15-/m1/s1. The van der Waals surface area contributed by atoms with Gasteiger partial charge in [0.25, 0.3) is 0 Å². The Morgan fingerprint density at radius 1 is 1.21 bits per heavy atom. The molecular formula is C16H22F3NO4. The van der Waals surface area contributed by atoms with Gasteiger partial charge in [0.05, 0.1) is 0 Å². The van der Waals surface area contributed by atoms with Gasteiger partial charge in [-0.05, 0) is 37.7 Å². The number of nitrogens with two attached hydrogens (primary N) is 1. The number of allylic oxidation sites excluding steroid dienone is 1. The zero-order valence-corrected chi connectivity index (χ0v) is 13.7. The van der Waals surface area contributed by atoms with Crippen molar-refractivity contribution in [3.05, 3.63) is 11.3 Å². The highest BCUT2D eigenvalue weighted by Crippen LogP contribution is 2.61. The van der Waals surface area contributed by atoms with Crippen molar-refractivity contribution in [1.29, 1.82) is 0 Å². The minimum Gasteiger partial charge on any atom is -0.456 e. The fourth-order valence-corrected chi connectivity index (χ4v) is 4.97. The molecule has 4 fully saturated rings. The molecule has 1 unspecified atom stereocenters. The van der Waals surface area contributed by atoms with Crippen LogP contribution in [0.2, 0.25) is 0 Å². The number of alkyl halides is 3. The number of hydrogen-bond donors (Lipinski definition) is 1. The molecule has 1 spiro atoms. The third-order valence-electron chi connectivity index (χ3n) is 6.13. The van der Waals surface area contributed by atoms with Crippen molar-refractivity contribution < 1.29 is 32.4 Å². The van der Waals surface area contributed by atoms with E-state index in [1.54, 1.807) is 6.92 Å². The Labute approximate surface area is 138 Å². The molecule has 1 aliphatic carbocycles. The molecule has 0 radical (unpaired) electrons. The lowest BCUT2D eigenvalue weighted by Crippen LogP contribution is -2.67. The van der Waals surface area contributed by atoms with E-state index in [2.05, 4.69) is 6.92 Å². The van der Waals surface area contributed by atoms with E-state index in [1.807, 2.05) is 0 Å². The Morgan fingerprint density at radius 2 is 1.96 bits per heavy atom. The zero-order valence-electron chi connectivity index (χ0n) is 13.7. The molecule has 0 aromatic heterocycles. The summed E-state index contributed by atoms with van der Waals surface area (Å²) in [7, 11) is 0. The number of halogens is 3. The predicted molar refractivity (Wildman–Crippen MR) is 76.0 cm³/mol. The van der Waals surface area contributed by atoms with Crippen molar-refractivity contribution in [2.45, 2.75) is 63.4 Å². The molecule has 5 rings (SSSR count). The Kier molecular flexibility index (Phi) is 3.53. The summed E-state index contributed by atoms with van der Waals surface area (Å²) in [6.45, 7) is 3.55. The largest absolute Gasteiger partial charge is 0.456 e. The average Bonchev–Trinajstić information content (AvgIpc) is 2.74. The lowest BCUT2D eigenvalue weighted by atomic mass is 9.59. The molecule has 3 saturated heterocycles. The maximum atomic E-state index is 13.5. The highest BCUT2D eigenvalue weighted by Gasteiger charge is 2.69. The van der Waals surface area contributed by atoms with Crippen LogP contribution in [-0.2, 0) is 19.2 Å². The van der Waals surface area contributed by atoms with Gasteiger partial charge in [-0.2, -0.15) is 13.2 Å². The minimum absolute atomic E-state index is 0.00177. The Bertz CT molecular complexity index is 580. The van der Waals surface area contributed by atoms with Crippen molar-refractivity contribution in [3.8, 4) is 0 Å². The molecule has 5 nitrogen and oxygen atoms in total. The van der Waals surface area contributed by atoms with E-state index in [0.717, 1.165) is 12.8 Å². The first-order valence-electron chi connectivity index (χ1n) is 8.43. The highest BCUT2D eigenvalue weighted by atomic mass is 19.4. The zero-order chi connectivity index (χ0) is 17.3. The first kappa shape index (κ1) is 16.6. The summed E-state index contributed by atoms with van der Waals surface area (Å²) in [5, 5.41) is 0. The lowest BCUT2D eigenvalue weighted by molar-refractivity contribution is -0.557. The molecule has 2 N–H and O–H groups in total. The van der Waals surface area contributed by atoms with Gasteiger partial charge in [-0.25, -0.2) is 9.78 Å². The van der Waals surface area contributed by atoms with E-state index < -0.39 is 35.5 Å². The van der Waals surface area contributed by atoms with Crippen LogP contribution in [0.1, 0.15) is 39.5 Å². The van der Waals surface area contributed by atoms with E-state index in [4.69, 9.17) is 25.0 Å². The van der Waals surface area contributed by atoms with E-state index in [9.17, 15) is 13.2 Å². The first-order valence-corrected chi connectivity index (χ1v) is 8.43. The second kappa shape index (κ2) is 5.09. The van der Waals surface area contributed by atoms with Crippen LogP contribution in [-0.4, -0.2) is 30.4 Å². The minimum atomic E-state index is -4.61. The number of hydrogen-bond acceptors (Lipinski definition) is 5. The molecule has 136 valence electrons. The third kappa shape index (κ3) is 2.09. The van der Waals surface area contributed by atoms with Crippen LogP contribution in [0.5, 0.6) is 0 Å². The summed E-state index contributed by atoms with van der Waals surface area (Å²) in [6, 6.07) is 0. The normalized spacial score (nSPS) is 47.9. The maximum Gasteiger partial charge on any atom is 0.449 e. The number of rotatable bonds is 1. The van der Waals surface area contributed by atoms with Crippen LogP contribution in [0.15, 0.2) is 11.3 Å². The highest BCUT2D eigenvalue weighted by molar-refractivity contribution is 5.28. The van der Waals surface area contributed by atoms with Gasteiger partial charge in [0.2, 0.25) is 17.8 Å². The number of ether oxygens (including phenoxy) is 2. The summed E-state index contributed by atoms with van der Waals surface area (Å²) >= 11 is 0. The molecule has 0 amide bonds. The third-order valence-corrected chi connectivity index (χ3v) is 6.13. The molecule has 2 bridgehead atoms. The monoisotopic (exact) mass is 349 g/mol. The molecule has 4 heterocycles. The van der Waals surface area contributed by atoms with Crippen LogP contribution >= 0.6 is 0 Å². The topological polar surface area (TPSA) is 62.9 Å². The molecule has 4 aliphatic heterocycles. The maximum absolute atomic E-state index is 13.5. The van der Waals surface area contributed by atoms with E-state index in [0.29, 0.717) is 12.8 Å². The Hall–Kier alpha value is -0.830. The fraction of sp³-hybridized carbons (Fsp3) is 0.875. The van der Waals surface area contributed by atoms with Crippen molar-refractivity contribution in [3.63, 3.8) is 0 Å². The van der Waals surface area contributed by atoms with E-state index >= 15 is 0 Å².